The van der Waals surface area contributed by atoms with Gasteiger partial charge in [0, 0.05) is 12.4 Å². The molecule has 0 bridgehead atoms. The van der Waals surface area contributed by atoms with Gasteiger partial charge in [0.25, 0.3) is 0 Å². The Morgan fingerprint density at radius 2 is 1.40 bits per heavy atom. The van der Waals surface area contributed by atoms with Crippen molar-refractivity contribution in [3.8, 4) is 0 Å². The first-order valence-electron chi connectivity index (χ1n) is 4.44. The van der Waals surface area contributed by atoms with E-state index in [9.17, 15) is 0 Å². The van der Waals surface area contributed by atoms with Gasteiger partial charge in [0.2, 0.25) is 0 Å². The minimum Gasteiger partial charge on any atom is -0.454 e. The van der Waals surface area contributed by atoms with Crippen LogP contribution in [0.5, 0.6) is 0 Å². The van der Waals surface area contributed by atoms with Crippen LogP contribution in [0.25, 0.3) is 0 Å². The molecule has 0 aromatic rings. The van der Waals surface area contributed by atoms with Gasteiger partial charge in [-0.15, -0.1) is 0 Å². The van der Waals surface area contributed by atoms with Gasteiger partial charge in [-0.05, 0) is 24.3 Å². The lowest BCUT2D eigenvalue weighted by Crippen LogP contribution is -1.98. The second kappa shape index (κ2) is 4.80. The van der Waals surface area contributed by atoms with Crippen LogP contribution in [-0.4, -0.2) is 12.4 Å². The number of nitrogens with zero attached hydrogens (tertiary/aromatic N) is 2. The molecule has 76 valence electrons. The van der Waals surface area contributed by atoms with Crippen molar-refractivity contribution in [2.45, 2.75) is 0 Å². The fraction of sp³-hybridized carbons (Fsp3) is 0. The zero-order valence-corrected chi connectivity index (χ0v) is 7.92. The number of ether oxygens (including phenoxy) is 1. The minimum absolute atomic E-state index is 0.643. The normalized spacial score (nSPS) is 18.1. The van der Waals surface area contributed by atoms with Crippen LogP contribution in [0, 0.1) is 0 Å². The Morgan fingerprint density at radius 3 is 1.93 bits per heavy atom. The molecular weight excluding hydrogens is 192 g/mol. The molecule has 2 N–H and O–H groups in total. The highest BCUT2D eigenvalue weighted by Crippen LogP contribution is 2.05. The van der Waals surface area contributed by atoms with Crippen molar-refractivity contribution in [3.63, 3.8) is 0 Å². The van der Waals surface area contributed by atoms with Crippen molar-refractivity contribution in [2.75, 3.05) is 0 Å². The van der Waals surface area contributed by atoms with Gasteiger partial charge in [-0.25, -0.2) is 0 Å². The summed E-state index contributed by atoms with van der Waals surface area (Å²) >= 11 is 0. The molecule has 0 aliphatic carbocycles. The van der Waals surface area contributed by atoms with E-state index in [2.05, 4.69) is 21.1 Å². The molecule has 2 aliphatic rings. The molecule has 5 heteroatoms. The van der Waals surface area contributed by atoms with Crippen molar-refractivity contribution in [1.29, 1.82) is 0 Å². The summed E-state index contributed by atoms with van der Waals surface area (Å²) in [5, 5.41) is 7.76. The van der Waals surface area contributed by atoms with E-state index in [1.54, 1.807) is 37.0 Å². The summed E-state index contributed by atoms with van der Waals surface area (Å²) < 4.78 is 5.53. The molecule has 0 saturated carbocycles. The molecule has 0 amide bonds. The van der Waals surface area contributed by atoms with Crippen LogP contribution in [0.15, 0.2) is 58.4 Å². The summed E-state index contributed by atoms with van der Waals surface area (Å²) in [7, 11) is 0. The van der Waals surface area contributed by atoms with Crippen LogP contribution in [0.4, 0.5) is 0 Å². The maximum atomic E-state index is 5.53. The zero-order chi connectivity index (χ0) is 10.3. The largest absolute Gasteiger partial charge is 0.454 e. The van der Waals surface area contributed by atoms with Crippen molar-refractivity contribution in [3.05, 3.63) is 48.2 Å². The molecule has 0 spiro atoms. The summed E-state index contributed by atoms with van der Waals surface area (Å²) in [5.41, 5.74) is 5.41. The highest BCUT2D eigenvalue weighted by atomic mass is 16.5. The van der Waals surface area contributed by atoms with Crippen LogP contribution >= 0.6 is 0 Å². The van der Waals surface area contributed by atoms with Crippen molar-refractivity contribution in [1.82, 2.24) is 10.9 Å². The Hall–Kier alpha value is -2.30. The molecule has 15 heavy (non-hydrogen) atoms. The third-order valence-electron chi connectivity index (χ3n) is 1.63. The summed E-state index contributed by atoms with van der Waals surface area (Å²) in [6, 6.07) is 0. The predicted octanol–water partition coefficient (Wildman–Crippen LogP) is 0.976. The fourth-order valence-corrected chi connectivity index (χ4v) is 1.00. The third-order valence-corrected chi connectivity index (χ3v) is 1.63. The number of hydrazone groups is 2. The first-order valence-corrected chi connectivity index (χ1v) is 4.44. The first kappa shape index (κ1) is 9.26. The van der Waals surface area contributed by atoms with Gasteiger partial charge in [0.05, 0.1) is 12.4 Å². The summed E-state index contributed by atoms with van der Waals surface area (Å²) in [6.45, 7) is 0. The molecule has 0 saturated heterocycles. The van der Waals surface area contributed by atoms with E-state index < -0.39 is 0 Å². The summed E-state index contributed by atoms with van der Waals surface area (Å²) in [6.07, 6.45) is 13.8. The van der Waals surface area contributed by atoms with Crippen molar-refractivity contribution >= 4 is 12.4 Å². The Balaban J connectivity index is 2.07. The van der Waals surface area contributed by atoms with E-state index in [-0.39, 0.29) is 0 Å². The van der Waals surface area contributed by atoms with E-state index >= 15 is 0 Å². The number of allylic oxidation sites excluding steroid dienone is 6. The van der Waals surface area contributed by atoms with E-state index in [0.29, 0.717) is 11.5 Å². The zero-order valence-electron chi connectivity index (χ0n) is 7.92. The quantitative estimate of drug-likeness (QED) is 0.701. The molecule has 5 nitrogen and oxygen atoms in total. The molecule has 0 unspecified atom stereocenters. The smallest absolute Gasteiger partial charge is 0.147 e. The number of rotatable bonds is 2. The van der Waals surface area contributed by atoms with Crippen LogP contribution in [0.3, 0.4) is 0 Å². The molecule has 0 aromatic heterocycles. The second-order valence-corrected chi connectivity index (χ2v) is 2.73. The molecule has 0 atom stereocenters. The highest BCUT2D eigenvalue weighted by molar-refractivity contribution is 5.81. The predicted molar refractivity (Wildman–Crippen MR) is 58.8 cm³/mol. The minimum atomic E-state index is 0.643. The molecule has 2 heterocycles. The Kier molecular flexibility index (Phi) is 2.97. The van der Waals surface area contributed by atoms with Gasteiger partial charge in [0.15, 0.2) is 0 Å². The van der Waals surface area contributed by atoms with Gasteiger partial charge < -0.3 is 4.74 Å². The third kappa shape index (κ3) is 2.84. The van der Waals surface area contributed by atoms with E-state index in [4.69, 9.17) is 4.74 Å². The number of hydrogen-bond donors (Lipinski definition) is 2. The van der Waals surface area contributed by atoms with Crippen LogP contribution in [0.2, 0.25) is 0 Å². The summed E-state index contributed by atoms with van der Waals surface area (Å²) in [5.74, 6) is 1.29. The number of hydrogen-bond acceptors (Lipinski definition) is 5. The highest BCUT2D eigenvalue weighted by Gasteiger charge is 2.00. The second-order valence-electron chi connectivity index (χ2n) is 2.73. The standard InChI is InChI=1S/C10H10N4O/c1-3-9(7-13-11-5-1)15-10-4-2-6-12-14-8-10/h1-8,11-12H. The van der Waals surface area contributed by atoms with Crippen LogP contribution in [0.1, 0.15) is 0 Å². The summed E-state index contributed by atoms with van der Waals surface area (Å²) in [4.78, 5) is 0. The monoisotopic (exact) mass is 202 g/mol. The SMILES string of the molecule is C1=CNN=CC(OC2=CC=CNN=C2)=C1. The van der Waals surface area contributed by atoms with E-state index in [1.807, 2.05) is 12.2 Å². The molecule has 0 aromatic carbocycles. The first-order chi connectivity index (χ1) is 7.45. The van der Waals surface area contributed by atoms with E-state index in [1.165, 1.54) is 0 Å². The van der Waals surface area contributed by atoms with Gasteiger partial charge in [-0.3, -0.25) is 10.9 Å². The lowest BCUT2D eigenvalue weighted by molar-refractivity contribution is 0.358. The van der Waals surface area contributed by atoms with Crippen molar-refractivity contribution in [2.24, 2.45) is 10.2 Å². The Morgan fingerprint density at radius 1 is 0.867 bits per heavy atom. The molecule has 0 radical (unpaired) electrons. The molecule has 2 aliphatic heterocycles. The Bertz CT molecular complexity index is 364. The average molecular weight is 202 g/mol. The average Bonchev–Trinajstić information content (AvgIpc) is 2.63. The lowest BCUT2D eigenvalue weighted by atomic mass is 10.4. The van der Waals surface area contributed by atoms with Gasteiger partial charge in [0.1, 0.15) is 11.5 Å². The van der Waals surface area contributed by atoms with Gasteiger partial charge in [-0.2, -0.15) is 10.2 Å². The number of nitrogens with one attached hydrogen (secondary N) is 2. The van der Waals surface area contributed by atoms with E-state index in [0.717, 1.165) is 0 Å². The van der Waals surface area contributed by atoms with Gasteiger partial charge >= 0.3 is 0 Å². The molecular formula is C10H10N4O. The topological polar surface area (TPSA) is 58.0 Å². The van der Waals surface area contributed by atoms with Crippen LogP contribution < -0.4 is 10.9 Å². The van der Waals surface area contributed by atoms with Crippen molar-refractivity contribution < 1.29 is 4.74 Å². The molecule has 0 fully saturated rings. The Labute approximate surface area is 87.2 Å². The maximum absolute atomic E-state index is 5.53. The lowest BCUT2D eigenvalue weighted by Gasteiger charge is -2.03. The molecule has 2 rings (SSSR count). The fourth-order valence-electron chi connectivity index (χ4n) is 1.00. The van der Waals surface area contributed by atoms with Gasteiger partial charge in [-0.1, -0.05) is 0 Å². The van der Waals surface area contributed by atoms with Crippen LogP contribution in [-0.2, 0) is 4.74 Å². The maximum Gasteiger partial charge on any atom is 0.147 e.